The van der Waals surface area contributed by atoms with Gasteiger partial charge in [0.1, 0.15) is 0 Å². The average Bonchev–Trinajstić information content (AvgIpc) is 2.21. The van der Waals surface area contributed by atoms with Crippen molar-refractivity contribution >= 4 is 0 Å². The molecule has 0 aliphatic rings. The number of aliphatic hydroxyl groups excluding tert-OH is 1. The molecule has 1 aromatic carbocycles. The van der Waals surface area contributed by atoms with E-state index >= 15 is 0 Å². The van der Waals surface area contributed by atoms with Gasteiger partial charge in [0.2, 0.25) is 0 Å². The van der Waals surface area contributed by atoms with Crippen molar-refractivity contribution in [3.63, 3.8) is 0 Å². The Bertz CT molecular complexity index is 375. The lowest BCUT2D eigenvalue weighted by Gasteiger charge is -2.12. The lowest BCUT2D eigenvalue weighted by molar-refractivity contribution is -0.139. The third kappa shape index (κ3) is 4.68. The van der Waals surface area contributed by atoms with Crippen molar-refractivity contribution in [1.29, 1.82) is 0 Å². The van der Waals surface area contributed by atoms with Gasteiger partial charge in [-0.15, -0.1) is 0 Å². The van der Waals surface area contributed by atoms with Gasteiger partial charge in [0, 0.05) is 12.8 Å². The van der Waals surface area contributed by atoms with Crippen molar-refractivity contribution < 1.29 is 27.1 Å². The Balaban J connectivity index is 2.56. The molecule has 1 rings (SSSR count). The molecule has 0 amide bonds. The fourth-order valence-electron chi connectivity index (χ4n) is 1.39. The van der Waals surface area contributed by atoms with Crippen molar-refractivity contribution in [2.75, 3.05) is 0 Å². The van der Waals surface area contributed by atoms with E-state index in [1.54, 1.807) is 0 Å². The standard InChI is InChI=1S/C11H11F5O/c12-9-3-1-2-7(10(9)13)6-8(17)4-5-11(14,15)16/h1-3,8,17H,4-6H2. The second kappa shape index (κ2) is 5.44. The molecular weight excluding hydrogens is 243 g/mol. The molecule has 1 nitrogen and oxygen atoms in total. The first kappa shape index (κ1) is 13.9. The number of hydrogen-bond donors (Lipinski definition) is 1. The molecule has 0 radical (unpaired) electrons. The first-order chi connectivity index (χ1) is 7.79. The maximum absolute atomic E-state index is 13.1. The van der Waals surface area contributed by atoms with Gasteiger partial charge in [0.05, 0.1) is 6.10 Å². The molecule has 0 spiro atoms. The highest BCUT2D eigenvalue weighted by molar-refractivity contribution is 5.19. The number of halogens is 5. The highest BCUT2D eigenvalue weighted by atomic mass is 19.4. The normalized spacial score (nSPS) is 13.8. The Labute approximate surface area is 94.9 Å². The molecule has 0 aliphatic heterocycles. The van der Waals surface area contributed by atoms with Gasteiger partial charge in [-0.25, -0.2) is 8.78 Å². The molecule has 0 saturated carbocycles. The summed E-state index contributed by atoms with van der Waals surface area (Å²) in [6.45, 7) is 0. The van der Waals surface area contributed by atoms with Crippen LogP contribution in [0.3, 0.4) is 0 Å². The Morgan fingerprint density at radius 3 is 2.41 bits per heavy atom. The predicted octanol–water partition coefficient (Wildman–Crippen LogP) is 3.21. The van der Waals surface area contributed by atoms with Gasteiger partial charge in [-0.05, 0) is 18.1 Å². The smallest absolute Gasteiger partial charge is 0.389 e. The van der Waals surface area contributed by atoms with E-state index in [0.29, 0.717) is 0 Å². The van der Waals surface area contributed by atoms with E-state index in [4.69, 9.17) is 0 Å². The van der Waals surface area contributed by atoms with Gasteiger partial charge >= 0.3 is 6.18 Å². The summed E-state index contributed by atoms with van der Waals surface area (Å²) >= 11 is 0. The SMILES string of the molecule is OC(CCC(F)(F)F)Cc1cccc(F)c1F. The lowest BCUT2D eigenvalue weighted by Crippen LogP contribution is -2.17. The van der Waals surface area contributed by atoms with E-state index in [9.17, 15) is 27.1 Å². The van der Waals surface area contributed by atoms with Crippen LogP contribution >= 0.6 is 0 Å². The highest BCUT2D eigenvalue weighted by Crippen LogP contribution is 2.23. The average molecular weight is 254 g/mol. The fourth-order valence-corrected chi connectivity index (χ4v) is 1.39. The second-order valence-corrected chi connectivity index (χ2v) is 3.72. The molecule has 0 fully saturated rings. The predicted molar refractivity (Wildman–Crippen MR) is 51.4 cm³/mol. The maximum Gasteiger partial charge on any atom is 0.389 e. The highest BCUT2D eigenvalue weighted by Gasteiger charge is 2.28. The van der Waals surface area contributed by atoms with E-state index in [1.165, 1.54) is 12.1 Å². The number of aliphatic hydroxyl groups is 1. The molecule has 0 heterocycles. The van der Waals surface area contributed by atoms with Gasteiger partial charge in [0.15, 0.2) is 11.6 Å². The summed E-state index contributed by atoms with van der Waals surface area (Å²) in [7, 11) is 0. The van der Waals surface area contributed by atoms with Gasteiger partial charge in [-0.1, -0.05) is 12.1 Å². The van der Waals surface area contributed by atoms with Crippen LogP contribution in [0.5, 0.6) is 0 Å². The van der Waals surface area contributed by atoms with Gasteiger partial charge in [0.25, 0.3) is 0 Å². The van der Waals surface area contributed by atoms with E-state index < -0.39 is 36.8 Å². The van der Waals surface area contributed by atoms with Crippen LogP contribution in [0, 0.1) is 11.6 Å². The van der Waals surface area contributed by atoms with E-state index in [2.05, 4.69) is 0 Å². The number of benzene rings is 1. The van der Waals surface area contributed by atoms with Crippen molar-refractivity contribution in [2.45, 2.75) is 31.5 Å². The van der Waals surface area contributed by atoms with E-state index in [0.717, 1.165) is 6.07 Å². The van der Waals surface area contributed by atoms with Crippen LogP contribution < -0.4 is 0 Å². The summed E-state index contributed by atoms with van der Waals surface area (Å²) in [6, 6.07) is 3.38. The van der Waals surface area contributed by atoms with Gasteiger partial charge in [-0.3, -0.25) is 0 Å². The Hall–Kier alpha value is -1.17. The third-order valence-corrected chi connectivity index (χ3v) is 2.25. The zero-order valence-electron chi connectivity index (χ0n) is 8.77. The summed E-state index contributed by atoms with van der Waals surface area (Å²) in [5, 5.41) is 9.29. The monoisotopic (exact) mass is 254 g/mol. The zero-order valence-corrected chi connectivity index (χ0v) is 8.77. The Morgan fingerprint density at radius 2 is 1.82 bits per heavy atom. The van der Waals surface area contributed by atoms with Crippen LogP contribution in [-0.2, 0) is 6.42 Å². The number of rotatable bonds is 4. The fraction of sp³-hybridized carbons (Fsp3) is 0.455. The van der Waals surface area contributed by atoms with Crippen LogP contribution in [0.4, 0.5) is 22.0 Å². The number of alkyl halides is 3. The summed E-state index contributed by atoms with van der Waals surface area (Å²) in [5.74, 6) is -2.20. The molecule has 96 valence electrons. The summed E-state index contributed by atoms with van der Waals surface area (Å²) in [6.07, 6.45) is -7.71. The minimum atomic E-state index is -4.36. The molecule has 1 unspecified atom stereocenters. The topological polar surface area (TPSA) is 20.2 Å². The van der Waals surface area contributed by atoms with Crippen LogP contribution in [0.15, 0.2) is 18.2 Å². The first-order valence-corrected chi connectivity index (χ1v) is 4.97. The molecule has 0 aliphatic carbocycles. The van der Waals surface area contributed by atoms with Gasteiger partial charge in [-0.2, -0.15) is 13.2 Å². The molecule has 1 atom stereocenters. The second-order valence-electron chi connectivity index (χ2n) is 3.72. The first-order valence-electron chi connectivity index (χ1n) is 4.97. The molecule has 0 aromatic heterocycles. The minimum absolute atomic E-state index is 0.125. The quantitative estimate of drug-likeness (QED) is 0.818. The largest absolute Gasteiger partial charge is 0.393 e. The van der Waals surface area contributed by atoms with Crippen molar-refractivity contribution in [3.8, 4) is 0 Å². The van der Waals surface area contributed by atoms with Gasteiger partial charge < -0.3 is 5.11 Å². The summed E-state index contributed by atoms with van der Waals surface area (Å²) in [4.78, 5) is 0. The molecular formula is C11H11F5O. The molecule has 0 saturated heterocycles. The third-order valence-electron chi connectivity index (χ3n) is 2.25. The van der Waals surface area contributed by atoms with Crippen molar-refractivity contribution in [1.82, 2.24) is 0 Å². The maximum atomic E-state index is 13.1. The van der Waals surface area contributed by atoms with Crippen molar-refractivity contribution in [3.05, 3.63) is 35.4 Å². The van der Waals surface area contributed by atoms with Crippen LogP contribution in [-0.4, -0.2) is 17.4 Å². The Kier molecular flexibility index (Phi) is 4.45. The van der Waals surface area contributed by atoms with E-state index in [-0.39, 0.29) is 12.0 Å². The van der Waals surface area contributed by atoms with Crippen LogP contribution in [0.2, 0.25) is 0 Å². The molecule has 17 heavy (non-hydrogen) atoms. The molecule has 1 aromatic rings. The molecule has 6 heteroatoms. The zero-order chi connectivity index (χ0) is 13.1. The molecule has 1 N–H and O–H groups in total. The minimum Gasteiger partial charge on any atom is -0.393 e. The molecule has 0 bridgehead atoms. The van der Waals surface area contributed by atoms with Crippen molar-refractivity contribution in [2.24, 2.45) is 0 Å². The summed E-state index contributed by atoms with van der Waals surface area (Å²) < 4.78 is 61.5. The number of hydrogen-bond acceptors (Lipinski definition) is 1. The van der Waals surface area contributed by atoms with Crippen LogP contribution in [0.1, 0.15) is 18.4 Å². The van der Waals surface area contributed by atoms with E-state index in [1.807, 2.05) is 0 Å². The lowest BCUT2D eigenvalue weighted by atomic mass is 10.0. The van der Waals surface area contributed by atoms with Crippen LogP contribution in [0.25, 0.3) is 0 Å². The summed E-state index contributed by atoms with van der Waals surface area (Å²) in [5.41, 5.74) is -0.125. The Morgan fingerprint density at radius 1 is 1.18 bits per heavy atom.